The molecule has 0 bridgehead atoms. The van der Waals surface area contributed by atoms with Crippen LogP contribution in [0, 0.1) is 0 Å². The molecule has 0 aliphatic rings. The minimum absolute atomic E-state index is 0.0798. The number of carbonyl (C=O) groups excluding carboxylic acids is 2. The third-order valence-electron chi connectivity index (χ3n) is 7.21. The maximum Gasteiger partial charge on any atom is 0.271 e. The van der Waals surface area contributed by atoms with Gasteiger partial charge in [0.05, 0.1) is 11.2 Å². The van der Waals surface area contributed by atoms with Crippen LogP contribution >= 0.6 is 11.6 Å². The lowest BCUT2D eigenvalue weighted by Gasteiger charge is -2.25. The number of hydrogen-bond donors (Lipinski definition) is 2. The Morgan fingerprint density at radius 1 is 0.886 bits per heavy atom. The Bertz CT molecular complexity index is 1840. The molecule has 0 fully saturated rings. The van der Waals surface area contributed by atoms with Crippen LogP contribution in [-0.2, 0) is 11.3 Å². The normalized spacial score (nSPS) is 11.4. The van der Waals surface area contributed by atoms with Crippen molar-refractivity contribution in [1.82, 2.24) is 15.2 Å². The molecule has 0 aliphatic heterocycles. The van der Waals surface area contributed by atoms with Gasteiger partial charge >= 0.3 is 0 Å². The number of benzene rings is 5. The van der Waals surface area contributed by atoms with Gasteiger partial charge in [-0.2, -0.15) is 5.10 Å². The molecule has 0 spiro atoms. The van der Waals surface area contributed by atoms with E-state index in [0.29, 0.717) is 18.8 Å². The largest absolute Gasteiger partial charge is 0.506 e. The molecule has 44 heavy (non-hydrogen) atoms. The second-order valence-electron chi connectivity index (χ2n) is 10.7. The Labute approximate surface area is 261 Å². The molecule has 0 aliphatic carbocycles. The summed E-state index contributed by atoms with van der Waals surface area (Å²) in [4.78, 5) is 29.8. The minimum atomic E-state index is -0.464. The number of amides is 2. The van der Waals surface area contributed by atoms with Gasteiger partial charge in [0.1, 0.15) is 11.5 Å². The van der Waals surface area contributed by atoms with E-state index in [-0.39, 0.29) is 28.8 Å². The zero-order valence-electron chi connectivity index (χ0n) is 24.5. The molecular weight excluding hydrogens is 576 g/mol. The summed E-state index contributed by atoms with van der Waals surface area (Å²) in [6.45, 7) is 1.68. The molecule has 2 amide bonds. The lowest BCUT2D eigenvalue weighted by atomic mass is 10.0. The van der Waals surface area contributed by atoms with Crippen molar-refractivity contribution in [2.45, 2.75) is 6.54 Å². The number of phenolic OH excluding ortho intramolecular Hbond substituents is 1. The second kappa shape index (κ2) is 14.0. The van der Waals surface area contributed by atoms with Crippen molar-refractivity contribution in [2.24, 2.45) is 5.10 Å². The van der Waals surface area contributed by atoms with Gasteiger partial charge in [-0.05, 0) is 72.2 Å². The van der Waals surface area contributed by atoms with Crippen LogP contribution in [-0.4, -0.2) is 66.7 Å². The molecule has 0 unspecified atom stereocenters. The maximum absolute atomic E-state index is 13.5. The van der Waals surface area contributed by atoms with Crippen molar-refractivity contribution in [2.75, 3.05) is 33.8 Å². The van der Waals surface area contributed by atoms with Crippen LogP contribution in [0.3, 0.4) is 0 Å². The topological polar surface area (TPSA) is 94.5 Å². The smallest absolute Gasteiger partial charge is 0.271 e. The highest BCUT2D eigenvalue weighted by molar-refractivity contribution is 6.32. The van der Waals surface area contributed by atoms with Gasteiger partial charge in [-0.3, -0.25) is 9.59 Å². The monoisotopic (exact) mass is 608 g/mol. The third kappa shape index (κ3) is 7.53. The molecule has 0 radical (unpaired) electrons. The average molecular weight is 609 g/mol. The lowest BCUT2D eigenvalue weighted by molar-refractivity contribution is -0.134. The number of carbonyl (C=O) groups is 2. The fourth-order valence-electron chi connectivity index (χ4n) is 4.81. The predicted molar refractivity (Wildman–Crippen MR) is 176 cm³/mol. The van der Waals surface area contributed by atoms with Crippen LogP contribution in [0.4, 0.5) is 0 Å². The van der Waals surface area contributed by atoms with Crippen molar-refractivity contribution in [3.63, 3.8) is 0 Å². The molecule has 224 valence electrons. The molecule has 5 aromatic rings. The number of hydrogen-bond acceptors (Lipinski definition) is 6. The number of ether oxygens (including phenoxy) is 1. The molecule has 0 heterocycles. The van der Waals surface area contributed by atoms with E-state index in [2.05, 4.69) is 45.8 Å². The molecule has 2 N–H and O–H groups in total. The Hall–Kier alpha value is -4.92. The summed E-state index contributed by atoms with van der Waals surface area (Å²) in [6, 6.07) is 29.9. The van der Waals surface area contributed by atoms with Crippen molar-refractivity contribution in [1.29, 1.82) is 0 Å². The lowest BCUT2D eigenvalue weighted by Crippen LogP contribution is -2.39. The Morgan fingerprint density at radius 2 is 1.64 bits per heavy atom. The highest BCUT2D eigenvalue weighted by atomic mass is 35.5. The first-order chi connectivity index (χ1) is 21.3. The van der Waals surface area contributed by atoms with Crippen LogP contribution < -0.4 is 10.2 Å². The van der Waals surface area contributed by atoms with Crippen LogP contribution in [0.5, 0.6) is 11.5 Å². The number of nitrogens with one attached hydrogen (secondary N) is 1. The predicted octanol–water partition coefficient (Wildman–Crippen LogP) is 6.09. The summed E-state index contributed by atoms with van der Waals surface area (Å²) in [5.74, 6) is -0.0965. The first-order valence-electron chi connectivity index (χ1n) is 14.1. The van der Waals surface area contributed by atoms with E-state index in [0.717, 1.165) is 39.2 Å². The van der Waals surface area contributed by atoms with Gasteiger partial charge in [0.25, 0.3) is 11.8 Å². The van der Waals surface area contributed by atoms with Crippen LogP contribution in [0.2, 0.25) is 5.02 Å². The maximum atomic E-state index is 13.5. The zero-order valence-corrected chi connectivity index (χ0v) is 25.3. The number of hydrazone groups is 1. The number of aromatic hydroxyl groups is 1. The fraction of sp³-hybridized carbons (Fsp3) is 0.171. The minimum Gasteiger partial charge on any atom is -0.506 e. The van der Waals surface area contributed by atoms with E-state index in [4.69, 9.17) is 16.3 Å². The third-order valence-corrected chi connectivity index (χ3v) is 7.51. The Kier molecular flexibility index (Phi) is 9.74. The number of nitrogens with zero attached hydrogens (tertiary/aromatic N) is 3. The van der Waals surface area contributed by atoms with Crippen molar-refractivity contribution < 1.29 is 19.4 Å². The van der Waals surface area contributed by atoms with Gasteiger partial charge in [-0.25, -0.2) is 5.43 Å². The van der Waals surface area contributed by atoms with Gasteiger partial charge in [0, 0.05) is 36.1 Å². The SMILES string of the molecule is CN(C)CCN(Cc1ccc2ccccc2c1)C(=O)COc1ccc(/C=N/NC(=O)c2ccc(O)c(Cl)c2)c2ccccc12. The first-order valence-corrected chi connectivity index (χ1v) is 14.5. The summed E-state index contributed by atoms with van der Waals surface area (Å²) in [5, 5.41) is 17.7. The second-order valence-corrected chi connectivity index (χ2v) is 11.1. The van der Waals surface area contributed by atoms with Crippen LogP contribution in [0.1, 0.15) is 21.5 Å². The molecule has 5 aromatic carbocycles. The number of fused-ring (bicyclic) bond motifs is 2. The van der Waals surface area contributed by atoms with Crippen LogP contribution in [0.15, 0.2) is 102 Å². The average Bonchev–Trinajstić information content (AvgIpc) is 3.03. The van der Waals surface area contributed by atoms with E-state index in [1.54, 1.807) is 12.3 Å². The zero-order chi connectivity index (χ0) is 31.1. The summed E-state index contributed by atoms with van der Waals surface area (Å²) in [5.41, 5.74) is 4.57. The van der Waals surface area contributed by atoms with Gasteiger partial charge in [0.2, 0.25) is 0 Å². The Balaban J connectivity index is 1.28. The highest BCUT2D eigenvalue weighted by Gasteiger charge is 2.17. The van der Waals surface area contributed by atoms with Crippen molar-refractivity contribution >= 4 is 51.2 Å². The fourth-order valence-corrected chi connectivity index (χ4v) is 4.99. The molecular formula is C35H33ClN4O4. The number of rotatable bonds is 11. The van der Waals surface area contributed by atoms with Crippen molar-refractivity contribution in [3.05, 3.63) is 119 Å². The standard InChI is InChI=1S/C35H33ClN4O4/c1-39(2)17-18-40(22-24-11-12-25-7-3-4-8-26(25)19-24)34(42)23-44-33-16-14-28(29-9-5-6-10-30(29)33)21-37-38-35(43)27-13-15-32(41)31(36)20-27/h3-16,19-21,41H,17-18,22-23H2,1-2H3,(H,38,43)/b37-21+. The number of likely N-dealkylation sites (N-methyl/N-ethyl adjacent to an activating group) is 1. The summed E-state index contributed by atoms with van der Waals surface area (Å²) < 4.78 is 6.10. The summed E-state index contributed by atoms with van der Waals surface area (Å²) >= 11 is 5.91. The highest BCUT2D eigenvalue weighted by Crippen LogP contribution is 2.28. The van der Waals surface area contributed by atoms with E-state index in [1.165, 1.54) is 18.2 Å². The molecule has 0 saturated carbocycles. The molecule has 0 atom stereocenters. The van der Waals surface area contributed by atoms with Crippen LogP contribution in [0.25, 0.3) is 21.5 Å². The molecule has 0 aromatic heterocycles. The molecule has 9 heteroatoms. The van der Waals surface area contributed by atoms with Gasteiger partial charge in [-0.1, -0.05) is 72.3 Å². The van der Waals surface area contributed by atoms with E-state index in [9.17, 15) is 14.7 Å². The quantitative estimate of drug-likeness (QED) is 0.140. The van der Waals surface area contributed by atoms with E-state index in [1.807, 2.05) is 61.5 Å². The first kappa shape index (κ1) is 30.5. The summed E-state index contributed by atoms with van der Waals surface area (Å²) in [7, 11) is 3.97. The van der Waals surface area contributed by atoms with E-state index >= 15 is 0 Å². The number of phenols is 1. The Morgan fingerprint density at radius 3 is 2.41 bits per heavy atom. The van der Waals surface area contributed by atoms with E-state index < -0.39 is 5.91 Å². The van der Waals surface area contributed by atoms with Gasteiger partial charge in [0.15, 0.2) is 6.61 Å². The van der Waals surface area contributed by atoms with Gasteiger partial charge in [-0.15, -0.1) is 0 Å². The van der Waals surface area contributed by atoms with Crippen molar-refractivity contribution in [3.8, 4) is 11.5 Å². The molecule has 0 saturated heterocycles. The molecule has 5 rings (SSSR count). The number of halogens is 1. The molecule has 8 nitrogen and oxygen atoms in total. The van der Waals surface area contributed by atoms with Gasteiger partial charge < -0.3 is 19.6 Å². The summed E-state index contributed by atoms with van der Waals surface area (Å²) in [6.07, 6.45) is 1.55.